The van der Waals surface area contributed by atoms with Crippen LogP contribution in [0.25, 0.3) is 11.0 Å². The number of aromatic hydroxyl groups is 1. The molecule has 1 aromatic carbocycles. The van der Waals surface area contributed by atoms with Crippen LogP contribution in [0.1, 0.15) is 23.2 Å². The molecule has 11 nitrogen and oxygen atoms in total. The molecule has 0 atom stereocenters. The lowest BCUT2D eigenvalue weighted by atomic mass is 10.2. The Balaban J connectivity index is 1.50. The first-order chi connectivity index (χ1) is 16.0. The van der Waals surface area contributed by atoms with Crippen molar-refractivity contribution in [3.05, 3.63) is 51.5 Å². The molecule has 0 bridgehead atoms. The average molecular weight is 454 g/mol. The number of nitrogens with zero attached hydrogens (tertiary/aromatic N) is 6. The van der Waals surface area contributed by atoms with Gasteiger partial charge in [-0.25, -0.2) is 9.97 Å². The van der Waals surface area contributed by atoms with Gasteiger partial charge < -0.3 is 14.4 Å². The Hall–Kier alpha value is -3.57. The number of nitro groups is 1. The van der Waals surface area contributed by atoms with E-state index in [2.05, 4.69) is 36.9 Å². The van der Waals surface area contributed by atoms with E-state index in [1.807, 2.05) is 6.92 Å². The minimum Gasteiger partial charge on any atom is -0.502 e. The number of hydrazone groups is 1. The summed E-state index contributed by atoms with van der Waals surface area (Å²) in [5.41, 5.74) is 6.10. The summed E-state index contributed by atoms with van der Waals surface area (Å²) >= 11 is 0. The van der Waals surface area contributed by atoms with Gasteiger partial charge >= 0.3 is 5.69 Å². The maximum Gasteiger partial charge on any atom is 0.311 e. The highest BCUT2D eigenvalue weighted by molar-refractivity contribution is 5.92. The zero-order valence-electron chi connectivity index (χ0n) is 18.7. The van der Waals surface area contributed by atoms with Crippen molar-refractivity contribution in [1.82, 2.24) is 19.4 Å². The molecule has 2 N–H and O–H groups in total. The lowest BCUT2D eigenvalue weighted by Crippen LogP contribution is -2.37. The van der Waals surface area contributed by atoms with Crippen molar-refractivity contribution in [3.8, 4) is 5.75 Å². The van der Waals surface area contributed by atoms with Crippen LogP contribution in [-0.2, 0) is 11.3 Å². The second kappa shape index (κ2) is 9.92. The number of hydrogen-bond acceptors (Lipinski definition) is 9. The van der Waals surface area contributed by atoms with Gasteiger partial charge in [0.1, 0.15) is 12.0 Å². The normalized spacial score (nSPS) is 14.8. The Bertz CT molecular complexity index is 1190. The Morgan fingerprint density at radius 1 is 1.27 bits per heavy atom. The van der Waals surface area contributed by atoms with Crippen molar-refractivity contribution in [2.24, 2.45) is 5.10 Å². The van der Waals surface area contributed by atoms with Crippen molar-refractivity contribution in [3.63, 3.8) is 0 Å². The number of hydrogen-bond donors (Lipinski definition) is 2. The summed E-state index contributed by atoms with van der Waals surface area (Å²) in [4.78, 5) is 21.7. The molecule has 3 aromatic rings. The number of fused-ring (bicyclic) bond motifs is 1. The SMILES string of the molecule is Cc1c(C)n(CCCN2CCOCC2)c2ncnc(NN=Cc3ccc(O)c([N+](=O)[O-])c3)c12. The number of ether oxygens (including phenoxy) is 1. The van der Waals surface area contributed by atoms with E-state index in [0.717, 1.165) is 68.1 Å². The van der Waals surface area contributed by atoms with Crippen LogP contribution in [0, 0.1) is 24.0 Å². The summed E-state index contributed by atoms with van der Waals surface area (Å²) in [6.07, 6.45) is 3.96. The zero-order chi connectivity index (χ0) is 23.4. The second-order valence-corrected chi connectivity index (χ2v) is 7.97. The fraction of sp³-hybridized carbons (Fsp3) is 0.409. The maximum atomic E-state index is 11.0. The van der Waals surface area contributed by atoms with Gasteiger partial charge in [-0.3, -0.25) is 20.4 Å². The summed E-state index contributed by atoms with van der Waals surface area (Å²) in [5.74, 6) is 0.181. The molecule has 0 amide bonds. The topological polar surface area (TPSA) is 131 Å². The Labute approximate surface area is 190 Å². The molecule has 0 spiro atoms. The number of phenolic OH excluding ortho intramolecular Hbond substituents is 1. The molecule has 1 aliphatic rings. The van der Waals surface area contributed by atoms with E-state index in [4.69, 9.17) is 4.74 Å². The van der Waals surface area contributed by atoms with E-state index in [-0.39, 0.29) is 11.4 Å². The van der Waals surface area contributed by atoms with Gasteiger partial charge in [-0.15, -0.1) is 0 Å². The molecule has 11 heteroatoms. The third-order valence-electron chi connectivity index (χ3n) is 5.95. The van der Waals surface area contributed by atoms with Crippen molar-refractivity contribution in [1.29, 1.82) is 0 Å². The largest absolute Gasteiger partial charge is 0.502 e. The molecule has 0 unspecified atom stereocenters. The molecular formula is C22H27N7O4. The van der Waals surface area contributed by atoms with Gasteiger partial charge in [0.2, 0.25) is 0 Å². The highest BCUT2D eigenvalue weighted by atomic mass is 16.6. The Morgan fingerprint density at radius 2 is 2.06 bits per heavy atom. The fourth-order valence-electron chi connectivity index (χ4n) is 4.04. The predicted octanol–water partition coefficient (Wildman–Crippen LogP) is 2.83. The molecule has 1 fully saturated rings. The summed E-state index contributed by atoms with van der Waals surface area (Å²) in [7, 11) is 0. The highest BCUT2D eigenvalue weighted by Crippen LogP contribution is 2.29. The summed E-state index contributed by atoms with van der Waals surface area (Å²) < 4.78 is 7.63. The number of phenols is 1. The van der Waals surface area contributed by atoms with Gasteiger partial charge in [-0.05, 0) is 38.0 Å². The van der Waals surface area contributed by atoms with Gasteiger partial charge in [0, 0.05) is 43.5 Å². The number of benzene rings is 1. The maximum absolute atomic E-state index is 11.0. The van der Waals surface area contributed by atoms with E-state index in [1.54, 1.807) is 6.07 Å². The number of aromatic nitrogens is 3. The number of anilines is 1. The summed E-state index contributed by atoms with van der Waals surface area (Å²) in [6.45, 7) is 9.53. The summed E-state index contributed by atoms with van der Waals surface area (Å²) in [6, 6.07) is 4.08. The molecule has 4 rings (SSSR count). The number of nitro benzene ring substituents is 1. The monoisotopic (exact) mass is 453 g/mol. The smallest absolute Gasteiger partial charge is 0.311 e. The lowest BCUT2D eigenvalue weighted by molar-refractivity contribution is -0.385. The average Bonchev–Trinajstić information content (AvgIpc) is 3.06. The quantitative estimate of drug-likeness (QED) is 0.302. The summed E-state index contributed by atoms with van der Waals surface area (Å²) in [5, 5.41) is 25.7. The standard InChI is InChI=1S/C22H27N7O4/c1-15-16(2)28(7-3-6-27-8-10-33-11-9-27)22-20(15)21(23-14-24-22)26-25-13-17-4-5-19(30)18(12-17)29(31)32/h4-5,12-14,30H,3,6-11H2,1-2H3,(H,23,24,26). The molecule has 3 heterocycles. The number of morpholine rings is 1. The first-order valence-electron chi connectivity index (χ1n) is 10.8. The molecule has 0 radical (unpaired) electrons. The molecule has 174 valence electrons. The van der Waals surface area contributed by atoms with E-state index in [1.165, 1.54) is 24.7 Å². The van der Waals surface area contributed by atoms with Gasteiger partial charge in [0.05, 0.1) is 29.7 Å². The number of aryl methyl sites for hydroxylation is 2. The molecule has 2 aromatic heterocycles. The fourth-order valence-corrected chi connectivity index (χ4v) is 4.04. The van der Waals surface area contributed by atoms with Crippen LogP contribution in [0.5, 0.6) is 5.75 Å². The molecule has 33 heavy (non-hydrogen) atoms. The Kier molecular flexibility index (Phi) is 6.80. The molecule has 0 saturated carbocycles. The van der Waals surface area contributed by atoms with Crippen LogP contribution < -0.4 is 5.43 Å². The predicted molar refractivity (Wildman–Crippen MR) is 125 cm³/mol. The minimum atomic E-state index is -0.637. The van der Waals surface area contributed by atoms with Crippen LogP contribution in [0.15, 0.2) is 29.6 Å². The van der Waals surface area contributed by atoms with Gasteiger partial charge in [0.25, 0.3) is 0 Å². The zero-order valence-corrected chi connectivity index (χ0v) is 18.7. The van der Waals surface area contributed by atoms with Gasteiger partial charge in [0.15, 0.2) is 11.6 Å². The van der Waals surface area contributed by atoms with Crippen molar-refractivity contribution in [2.45, 2.75) is 26.8 Å². The minimum absolute atomic E-state index is 0.371. The van der Waals surface area contributed by atoms with Crippen molar-refractivity contribution >= 4 is 28.8 Å². The van der Waals surface area contributed by atoms with Crippen LogP contribution in [-0.4, -0.2) is 68.5 Å². The van der Waals surface area contributed by atoms with Gasteiger partial charge in [-0.2, -0.15) is 5.10 Å². The van der Waals surface area contributed by atoms with Crippen LogP contribution in [0.4, 0.5) is 11.5 Å². The molecule has 1 saturated heterocycles. The van der Waals surface area contributed by atoms with E-state index in [0.29, 0.717) is 11.4 Å². The van der Waals surface area contributed by atoms with E-state index < -0.39 is 4.92 Å². The first-order valence-corrected chi connectivity index (χ1v) is 10.8. The van der Waals surface area contributed by atoms with E-state index in [9.17, 15) is 15.2 Å². The molecule has 1 aliphatic heterocycles. The Morgan fingerprint density at radius 3 is 2.82 bits per heavy atom. The van der Waals surface area contributed by atoms with Crippen LogP contribution >= 0.6 is 0 Å². The number of rotatable bonds is 8. The van der Waals surface area contributed by atoms with Gasteiger partial charge in [-0.1, -0.05) is 0 Å². The number of nitrogens with one attached hydrogen (secondary N) is 1. The van der Waals surface area contributed by atoms with Crippen molar-refractivity contribution in [2.75, 3.05) is 38.3 Å². The lowest BCUT2D eigenvalue weighted by Gasteiger charge is -2.26. The van der Waals surface area contributed by atoms with Crippen LogP contribution in [0.2, 0.25) is 0 Å². The highest BCUT2D eigenvalue weighted by Gasteiger charge is 2.17. The third-order valence-corrected chi connectivity index (χ3v) is 5.95. The van der Waals surface area contributed by atoms with Crippen molar-refractivity contribution < 1.29 is 14.8 Å². The first kappa shape index (κ1) is 22.6. The second-order valence-electron chi connectivity index (χ2n) is 7.97. The van der Waals surface area contributed by atoms with Crippen LogP contribution in [0.3, 0.4) is 0 Å². The van der Waals surface area contributed by atoms with E-state index >= 15 is 0 Å². The third kappa shape index (κ3) is 4.94. The molecule has 0 aliphatic carbocycles. The molecular weight excluding hydrogens is 426 g/mol.